The molecule has 1 amide bonds. The third-order valence-electron chi connectivity index (χ3n) is 3.92. The molecule has 0 aliphatic rings. The standard InChI is InChI=1S/C20H23ClN4OS/c1-13-8-17(25(24-13)20(2,3)4)23-18(26)11-16-12-27-19(22-16)10-14-6-5-7-15(21)9-14/h5-9,12H,10-11H2,1-4H3,(H,23,26). The molecule has 0 radical (unpaired) electrons. The van der Waals surface area contributed by atoms with Crippen molar-refractivity contribution in [2.24, 2.45) is 0 Å². The Morgan fingerprint density at radius 2 is 2.07 bits per heavy atom. The van der Waals surface area contributed by atoms with E-state index < -0.39 is 0 Å². The lowest BCUT2D eigenvalue weighted by atomic mass is 10.1. The van der Waals surface area contributed by atoms with E-state index in [0.717, 1.165) is 27.0 Å². The van der Waals surface area contributed by atoms with Crippen LogP contribution in [0.3, 0.4) is 0 Å². The van der Waals surface area contributed by atoms with Gasteiger partial charge in [-0.1, -0.05) is 23.7 Å². The summed E-state index contributed by atoms with van der Waals surface area (Å²) in [6.07, 6.45) is 0.948. The Labute approximate surface area is 168 Å². The summed E-state index contributed by atoms with van der Waals surface area (Å²) >= 11 is 7.59. The fourth-order valence-corrected chi connectivity index (χ4v) is 3.83. The molecule has 0 atom stereocenters. The Hall–Kier alpha value is -2.18. The van der Waals surface area contributed by atoms with Crippen LogP contribution in [0.2, 0.25) is 5.02 Å². The molecule has 7 heteroatoms. The number of carbonyl (C=O) groups excluding carboxylic acids is 1. The van der Waals surface area contributed by atoms with Crippen molar-refractivity contribution >= 4 is 34.7 Å². The van der Waals surface area contributed by atoms with Gasteiger partial charge in [0.15, 0.2) is 0 Å². The Bertz CT molecular complexity index is 955. The third-order valence-corrected chi connectivity index (χ3v) is 5.05. The van der Waals surface area contributed by atoms with Crippen LogP contribution in [0.4, 0.5) is 5.82 Å². The summed E-state index contributed by atoms with van der Waals surface area (Å²) in [4.78, 5) is 17.1. The van der Waals surface area contributed by atoms with E-state index in [1.165, 1.54) is 0 Å². The van der Waals surface area contributed by atoms with E-state index in [0.29, 0.717) is 12.2 Å². The van der Waals surface area contributed by atoms with E-state index in [-0.39, 0.29) is 17.9 Å². The van der Waals surface area contributed by atoms with Crippen LogP contribution in [0, 0.1) is 6.92 Å². The first-order valence-corrected chi connectivity index (χ1v) is 10.0. The lowest BCUT2D eigenvalue weighted by molar-refractivity contribution is -0.115. The first kappa shape index (κ1) is 19.6. The van der Waals surface area contributed by atoms with Gasteiger partial charge < -0.3 is 5.32 Å². The summed E-state index contributed by atoms with van der Waals surface area (Å²) in [6.45, 7) is 8.08. The number of aryl methyl sites for hydroxylation is 1. The molecule has 3 rings (SSSR count). The number of hydrogen-bond acceptors (Lipinski definition) is 4. The highest BCUT2D eigenvalue weighted by molar-refractivity contribution is 7.09. The Balaban J connectivity index is 1.65. The summed E-state index contributed by atoms with van der Waals surface area (Å²) in [6, 6.07) is 9.63. The second kappa shape index (κ2) is 7.82. The maximum atomic E-state index is 12.5. The summed E-state index contributed by atoms with van der Waals surface area (Å²) in [5.74, 6) is 0.611. The van der Waals surface area contributed by atoms with Crippen molar-refractivity contribution in [3.63, 3.8) is 0 Å². The number of thiazole rings is 1. The molecule has 0 aliphatic carbocycles. The number of benzene rings is 1. The van der Waals surface area contributed by atoms with E-state index >= 15 is 0 Å². The van der Waals surface area contributed by atoms with Gasteiger partial charge in [-0.15, -0.1) is 11.3 Å². The average Bonchev–Trinajstić information content (AvgIpc) is 3.13. The number of amides is 1. The lowest BCUT2D eigenvalue weighted by Crippen LogP contribution is -2.27. The monoisotopic (exact) mass is 402 g/mol. The van der Waals surface area contributed by atoms with Gasteiger partial charge in [0.1, 0.15) is 5.82 Å². The van der Waals surface area contributed by atoms with Gasteiger partial charge in [0.05, 0.1) is 28.4 Å². The summed E-state index contributed by atoms with van der Waals surface area (Å²) in [5, 5.41) is 11.1. The number of nitrogens with one attached hydrogen (secondary N) is 1. The van der Waals surface area contributed by atoms with Crippen molar-refractivity contribution in [3.05, 3.63) is 62.7 Å². The normalized spacial score (nSPS) is 11.6. The molecule has 0 spiro atoms. The van der Waals surface area contributed by atoms with Crippen LogP contribution in [-0.2, 0) is 23.2 Å². The fraction of sp³-hybridized carbons (Fsp3) is 0.350. The predicted molar refractivity (Wildman–Crippen MR) is 111 cm³/mol. The fourth-order valence-electron chi connectivity index (χ4n) is 2.78. The van der Waals surface area contributed by atoms with Crippen molar-refractivity contribution in [1.82, 2.24) is 14.8 Å². The maximum absolute atomic E-state index is 12.5. The number of carbonyl (C=O) groups is 1. The van der Waals surface area contributed by atoms with Gasteiger partial charge in [0.2, 0.25) is 5.91 Å². The molecule has 0 fully saturated rings. The van der Waals surface area contributed by atoms with Crippen molar-refractivity contribution in [2.75, 3.05) is 5.32 Å². The molecule has 5 nitrogen and oxygen atoms in total. The highest BCUT2D eigenvalue weighted by Gasteiger charge is 2.20. The summed E-state index contributed by atoms with van der Waals surface area (Å²) in [5.41, 5.74) is 2.55. The number of halogens is 1. The van der Waals surface area contributed by atoms with E-state index in [4.69, 9.17) is 11.6 Å². The number of hydrogen-bond donors (Lipinski definition) is 1. The largest absolute Gasteiger partial charge is 0.311 e. The van der Waals surface area contributed by atoms with Crippen LogP contribution >= 0.6 is 22.9 Å². The number of rotatable bonds is 5. The smallest absolute Gasteiger partial charge is 0.231 e. The topological polar surface area (TPSA) is 59.8 Å². The van der Waals surface area contributed by atoms with Gasteiger partial charge >= 0.3 is 0 Å². The van der Waals surface area contributed by atoms with Gasteiger partial charge in [0.25, 0.3) is 0 Å². The first-order valence-electron chi connectivity index (χ1n) is 8.75. The SMILES string of the molecule is Cc1cc(NC(=O)Cc2csc(Cc3cccc(Cl)c3)n2)n(C(C)(C)C)n1. The number of aromatic nitrogens is 3. The minimum Gasteiger partial charge on any atom is -0.311 e. The zero-order chi connectivity index (χ0) is 19.6. The van der Waals surface area contributed by atoms with Crippen molar-refractivity contribution in [2.45, 2.75) is 46.1 Å². The average molecular weight is 403 g/mol. The van der Waals surface area contributed by atoms with Gasteiger partial charge in [0, 0.05) is 22.9 Å². The molecule has 0 unspecified atom stereocenters. The zero-order valence-electron chi connectivity index (χ0n) is 15.9. The van der Waals surface area contributed by atoms with Crippen LogP contribution in [-0.4, -0.2) is 20.7 Å². The molecular weight excluding hydrogens is 380 g/mol. The molecule has 142 valence electrons. The van der Waals surface area contributed by atoms with Crippen LogP contribution in [0.15, 0.2) is 35.7 Å². The molecule has 27 heavy (non-hydrogen) atoms. The molecule has 1 aromatic carbocycles. The molecular formula is C20H23ClN4OS. The van der Waals surface area contributed by atoms with Crippen LogP contribution < -0.4 is 5.32 Å². The minimum atomic E-state index is -0.207. The Morgan fingerprint density at radius 1 is 1.30 bits per heavy atom. The van der Waals surface area contributed by atoms with Gasteiger partial charge in [-0.05, 0) is 45.4 Å². The predicted octanol–water partition coefficient (Wildman–Crippen LogP) is 4.83. The number of nitrogens with zero attached hydrogens (tertiary/aromatic N) is 3. The van der Waals surface area contributed by atoms with Crippen LogP contribution in [0.5, 0.6) is 0 Å². The summed E-state index contributed by atoms with van der Waals surface area (Å²) in [7, 11) is 0. The second-order valence-electron chi connectivity index (χ2n) is 7.52. The molecule has 0 saturated carbocycles. The third kappa shape index (κ3) is 5.17. The molecule has 2 heterocycles. The molecule has 0 saturated heterocycles. The van der Waals surface area contributed by atoms with E-state index in [1.54, 1.807) is 11.3 Å². The molecule has 3 aromatic rings. The highest BCUT2D eigenvalue weighted by atomic mass is 35.5. The second-order valence-corrected chi connectivity index (χ2v) is 8.90. The van der Waals surface area contributed by atoms with Crippen molar-refractivity contribution in [3.8, 4) is 0 Å². The van der Waals surface area contributed by atoms with Crippen molar-refractivity contribution in [1.29, 1.82) is 0 Å². The van der Waals surface area contributed by atoms with E-state index in [9.17, 15) is 4.79 Å². The van der Waals surface area contributed by atoms with E-state index in [1.807, 2.05) is 47.3 Å². The van der Waals surface area contributed by atoms with Gasteiger partial charge in [-0.3, -0.25) is 4.79 Å². The Kier molecular flexibility index (Phi) is 5.67. The minimum absolute atomic E-state index is 0.0972. The first-order chi connectivity index (χ1) is 12.7. The lowest BCUT2D eigenvalue weighted by Gasteiger charge is -2.22. The molecule has 0 aliphatic heterocycles. The molecule has 0 bridgehead atoms. The van der Waals surface area contributed by atoms with Gasteiger partial charge in [-0.2, -0.15) is 5.10 Å². The van der Waals surface area contributed by atoms with Crippen molar-refractivity contribution < 1.29 is 4.79 Å². The quantitative estimate of drug-likeness (QED) is 0.665. The summed E-state index contributed by atoms with van der Waals surface area (Å²) < 4.78 is 1.84. The number of anilines is 1. The molecule has 2 aromatic heterocycles. The van der Waals surface area contributed by atoms with E-state index in [2.05, 4.69) is 36.2 Å². The zero-order valence-corrected chi connectivity index (χ0v) is 17.5. The maximum Gasteiger partial charge on any atom is 0.231 e. The Morgan fingerprint density at radius 3 is 2.78 bits per heavy atom. The van der Waals surface area contributed by atoms with Crippen LogP contribution in [0.25, 0.3) is 0 Å². The highest BCUT2D eigenvalue weighted by Crippen LogP contribution is 2.22. The van der Waals surface area contributed by atoms with Crippen LogP contribution in [0.1, 0.15) is 42.7 Å². The molecule has 1 N–H and O–H groups in total. The van der Waals surface area contributed by atoms with Gasteiger partial charge in [-0.25, -0.2) is 9.67 Å².